The first-order chi connectivity index (χ1) is 28.0. The molecular weight excluding hydrogens is 741 g/mol. The van der Waals surface area contributed by atoms with Gasteiger partial charge in [0.2, 0.25) is 5.91 Å². The van der Waals surface area contributed by atoms with Gasteiger partial charge in [-0.2, -0.15) is 0 Å². The molecule has 4 N–H and O–H groups in total. The van der Waals surface area contributed by atoms with Gasteiger partial charge in [-0.05, 0) is 85.4 Å². The third-order valence-corrected chi connectivity index (χ3v) is 11.5. The van der Waals surface area contributed by atoms with E-state index in [4.69, 9.17) is 18.9 Å². The van der Waals surface area contributed by atoms with Crippen LogP contribution in [0, 0.1) is 23.2 Å². The fourth-order valence-corrected chi connectivity index (χ4v) is 8.13. The second kappa shape index (κ2) is 15.8. The average molecular weight is 787 g/mol. The summed E-state index contributed by atoms with van der Waals surface area (Å²) in [7, 11) is 2.55. The second-order valence-corrected chi connectivity index (χ2v) is 15.7. The van der Waals surface area contributed by atoms with Crippen molar-refractivity contribution < 1.29 is 33.1 Å². The van der Waals surface area contributed by atoms with Gasteiger partial charge in [0.05, 0.1) is 61.8 Å². The fraction of sp³-hybridized carbons (Fsp3) is 0.395. The van der Waals surface area contributed by atoms with Gasteiger partial charge >= 0.3 is 12.2 Å². The summed E-state index contributed by atoms with van der Waals surface area (Å²) in [4.78, 5) is 71.9. The van der Waals surface area contributed by atoms with Gasteiger partial charge in [-0.25, -0.2) is 19.6 Å². The third kappa shape index (κ3) is 7.74. The molecule has 5 heterocycles. The smallest absolute Gasteiger partial charge is 0.407 e. The van der Waals surface area contributed by atoms with Crippen molar-refractivity contribution in [3.8, 4) is 23.1 Å². The Kier molecular flexibility index (Phi) is 10.4. The SMILES string of the molecule is COC(=O)N[C@H](C(=O)N1CC2(CC2)C[C@H]1c1nc2ccc(C#Cc3ccc(-c4cnc([C@@H]5CCCN5C(=O)[C@H](NC(=O)OC)c5ccoc5)[nH]4)cc3)cc2[nH]1)C(C)C. The molecule has 0 radical (unpaired) electrons. The maximum absolute atomic E-state index is 13.9. The highest BCUT2D eigenvalue weighted by molar-refractivity contribution is 5.88. The number of aromatic nitrogens is 4. The molecule has 4 amide bonds. The molecule has 15 nitrogen and oxygen atoms in total. The number of ether oxygens (including phenoxy) is 2. The number of hydrogen-bond donors (Lipinski definition) is 4. The van der Waals surface area contributed by atoms with E-state index in [0.29, 0.717) is 24.5 Å². The first kappa shape index (κ1) is 38.3. The zero-order valence-corrected chi connectivity index (χ0v) is 32.8. The molecule has 1 aliphatic carbocycles. The highest BCUT2D eigenvalue weighted by atomic mass is 16.5. The molecule has 0 unspecified atom stereocenters. The fourth-order valence-electron chi connectivity index (χ4n) is 8.13. The van der Waals surface area contributed by atoms with Crippen molar-refractivity contribution in [1.29, 1.82) is 0 Å². The van der Waals surface area contributed by atoms with Crippen LogP contribution in [0.2, 0.25) is 0 Å². The zero-order chi connectivity index (χ0) is 40.6. The van der Waals surface area contributed by atoms with Gasteiger partial charge in [0.25, 0.3) is 5.91 Å². The Bertz CT molecular complexity index is 2390. The van der Waals surface area contributed by atoms with Crippen LogP contribution in [0.15, 0.2) is 71.7 Å². The number of carbonyl (C=O) groups is 4. The molecule has 58 heavy (non-hydrogen) atoms. The number of benzene rings is 2. The summed E-state index contributed by atoms with van der Waals surface area (Å²) in [5.41, 5.74) is 5.64. The molecule has 2 saturated heterocycles. The lowest BCUT2D eigenvalue weighted by molar-refractivity contribution is -0.136. The zero-order valence-electron chi connectivity index (χ0n) is 32.8. The predicted octanol–water partition coefficient (Wildman–Crippen LogP) is 6.14. The topological polar surface area (TPSA) is 188 Å². The first-order valence-electron chi connectivity index (χ1n) is 19.5. The Morgan fingerprint density at radius 3 is 2.34 bits per heavy atom. The van der Waals surface area contributed by atoms with Gasteiger partial charge in [-0.15, -0.1) is 0 Å². The molecule has 3 fully saturated rings. The molecular formula is C43H46N8O7. The summed E-state index contributed by atoms with van der Waals surface area (Å²) in [6.07, 6.45) is 7.81. The van der Waals surface area contributed by atoms with E-state index in [1.807, 2.05) is 61.2 Å². The van der Waals surface area contributed by atoms with Crippen LogP contribution in [0.25, 0.3) is 22.3 Å². The predicted molar refractivity (Wildman–Crippen MR) is 212 cm³/mol. The molecule has 5 aromatic rings. The quantitative estimate of drug-likeness (QED) is 0.127. The number of alkyl carbamates (subject to hydrolysis) is 2. The lowest BCUT2D eigenvalue weighted by atomic mass is 10.0. The summed E-state index contributed by atoms with van der Waals surface area (Å²) < 4.78 is 14.8. The third-order valence-electron chi connectivity index (χ3n) is 11.5. The minimum Gasteiger partial charge on any atom is -0.472 e. The molecule has 3 aliphatic rings. The number of hydrogen-bond acceptors (Lipinski definition) is 9. The van der Waals surface area contributed by atoms with Crippen LogP contribution in [0.4, 0.5) is 9.59 Å². The van der Waals surface area contributed by atoms with Crippen LogP contribution in [-0.4, -0.2) is 87.1 Å². The first-order valence-corrected chi connectivity index (χ1v) is 19.5. The van der Waals surface area contributed by atoms with Crippen LogP contribution in [0.3, 0.4) is 0 Å². The highest BCUT2D eigenvalue weighted by Crippen LogP contribution is 2.58. The summed E-state index contributed by atoms with van der Waals surface area (Å²) >= 11 is 0. The normalized spacial score (nSPS) is 19.1. The number of nitrogens with zero attached hydrogens (tertiary/aromatic N) is 4. The molecule has 4 atom stereocenters. The van der Waals surface area contributed by atoms with Gasteiger partial charge < -0.3 is 44.3 Å². The summed E-state index contributed by atoms with van der Waals surface area (Å²) in [5, 5.41) is 5.37. The maximum atomic E-state index is 13.9. The van der Waals surface area contributed by atoms with Crippen molar-refractivity contribution in [1.82, 2.24) is 40.4 Å². The number of fused-ring (bicyclic) bond motifs is 1. The highest BCUT2D eigenvalue weighted by Gasteiger charge is 2.55. The van der Waals surface area contributed by atoms with Gasteiger partial charge in [-0.1, -0.05) is 37.8 Å². The molecule has 1 spiro atoms. The van der Waals surface area contributed by atoms with Crippen LogP contribution in [-0.2, 0) is 19.1 Å². The number of aromatic amines is 2. The van der Waals surface area contributed by atoms with E-state index in [1.165, 1.54) is 26.7 Å². The van der Waals surface area contributed by atoms with E-state index >= 15 is 0 Å². The van der Waals surface area contributed by atoms with Crippen molar-refractivity contribution in [2.24, 2.45) is 11.3 Å². The van der Waals surface area contributed by atoms with E-state index in [2.05, 4.69) is 37.4 Å². The van der Waals surface area contributed by atoms with E-state index in [9.17, 15) is 19.2 Å². The number of furan rings is 1. The van der Waals surface area contributed by atoms with Crippen LogP contribution < -0.4 is 10.6 Å². The number of likely N-dealkylation sites (tertiary alicyclic amines) is 2. The Hall–Kier alpha value is -6.56. The molecule has 2 aromatic carbocycles. The number of nitrogens with one attached hydrogen (secondary N) is 4. The van der Waals surface area contributed by atoms with E-state index in [1.54, 1.807) is 17.2 Å². The number of methoxy groups -OCH3 is 2. The summed E-state index contributed by atoms with van der Waals surface area (Å²) in [6, 6.07) is 13.2. The molecule has 0 bridgehead atoms. The lowest BCUT2D eigenvalue weighted by Gasteiger charge is -2.30. The van der Waals surface area contributed by atoms with Gasteiger partial charge in [0, 0.05) is 29.8 Å². The molecule has 300 valence electrons. The van der Waals surface area contributed by atoms with Crippen molar-refractivity contribution in [3.05, 3.63) is 95.6 Å². The number of imidazole rings is 2. The number of rotatable bonds is 9. The summed E-state index contributed by atoms with van der Waals surface area (Å²) in [6.45, 7) is 4.99. The molecule has 8 rings (SSSR count). The van der Waals surface area contributed by atoms with E-state index in [0.717, 1.165) is 71.3 Å². The van der Waals surface area contributed by atoms with Gasteiger partial charge in [0.15, 0.2) is 0 Å². The van der Waals surface area contributed by atoms with E-state index in [-0.39, 0.29) is 35.2 Å². The Morgan fingerprint density at radius 2 is 1.64 bits per heavy atom. The molecule has 15 heteroatoms. The Morgan fingerprint density at radius 1 is 0.897 bits per heavy atom. The van der Waals surface area contributed by atoms with Crippen LogP contribution >= 0.6 is 0 Å². The average Bonchev–Trinajstić information content (AvgIpc) is 3.91. The lowest BCUT2D eigenvalue weighted by Crippen LogP contribution is -2.51. The van der Waals surface area contributed by atoms with Gasteiger partial charge in [0.1, 0.15) is 23.7 Å². The Labute approximate surface area is 335 Å². The van der Waals surface area contributed by atoms with E-state index < -0.39 is 24.3 Å². The standard InChI is InChI=1S/C43H46N8O7/c1-25(2)35(48-41(54)56-3)39(52)51-24-43(16-17-43)21-34(51)38-45-30-14-11-27(20-31(30)46-38)8-7-26-9-12-28(13-10-26)32-22-44-37(47-32)33-6-5-18-50(33)40(53)36(49-42(55)57-4)29-15-19-58-23-29/h9-15,19-20,22-23,25,33-36H,5-6,16-18,21,24H2,1-4H3,(H,44,47)(H,45,46)(H,48,54)(H,49,55)/t33-,34-,35-,36+/m0/s1. The van der Waals surface area contributed by atoms with Crippen LogP contribution in [0.1, 0.15) is 92.4 Å². The maximum Gasteiger partial charge on any atom is 0.407 e. The van der Waals surface area contributed by atoms with Gasteiger partial charge in [-0.3, -0.25) is 9.59 Å². The number of amides is 4. The number of H-pyrrole nitrogens is 2. The van der Waals surface area contributed by atoms with Crippen molar-refractivity contribution in [3.63, 3.8) is 0 Å². The second-order valence-electron chi connectivity index (χ2n) is 15.7. The van der Waals surface area contributed by atoms with Crippen molar-refractivity contribution in [2.75, 3.05) is 27.3 Å². The monoisotopic (exact) mass is 786 g/mol. The minimum atomic E-state index is -0.953. The van der Waals surface area contributed by atoms with Crippen molar-refractivity contribution in [2.45, 2.75) is 70.1 Å². The van der Waals surface area contributed by atoms with Crippen molar-refractivity contribution >= 4 is 35.0 Å². The summed E-state index contributed by atoms with van der Waals surface area (Å²) in [5.74, 6) is 7.42. The molecule has 3 aromatic heterocycles. The number of carbonyl (C=O) groups excluding carboxylic acids is 4. The Balaban J connectivity index is 0.947. The molecule has 1 saturated carbocycles. The largest absolute Gasteiger partial charge is 0.472 e. The van der Waals surface area contributed by atoms with Crippen LogP contribution in [0.5, 0.6) is 0 Å². The minimum absolute atomic E-state index is 0.104. The molecule has 2 aliphatic heterocycles.